The van der Waals surface area contributed by atoms with Crippen molar-refractivity contribution < 1.29 is 14.6 Å². The standard InChI is InChI=1S/C13H16N2O3/c1-17-12-7-9-10(15-5-6-16)3-4-14-11(9)8-13(12)18-2/h3-4,7-8,16H,5-6H2,1-2H3,(H,14,15). The molecule has 0 amide bonds. The molecule has 0 aliphatic rings. The van der Waals surface area contributed by atoms with Gasteiger partial charge in [-0.1, -0.05) is 0 Å². The number of fused-ring (bicyclic) bond motifs is 1. The van der Waals surface area contributed by atoms with Crippen molar-refractivity contribution in [3.63, 3.8) is 0 Å². The average Bonchev–Trinajstić information content (AvgIpc) is 2.43. The zero-order valence-electron chi connectivity index (χ0n) is 10.4. The van der Waals surface area contributed by atoms with Gasteiger partial charge in [-0.25, -0.2) is 0 Å². The van der Waals surface area contributed by atoms with Crippen LogP contribution in [0.2, 0.25) is 0 Å². The molecule has 0 aliphatic carbocycles. The molecule has 0 atom stereocenters. The van der Waals surface area contributed by atoms with Crippen LogP contribution in [0.4, 0.5) is 5.69 Å². The van der Waals surface area contributed by atoms with Crippen LogP contribution in [-0.4, -0.2) is 37.5 Å². The second-order valence-corrected chi connectivity index (χ2v) is 3.73. The highest BCUT2D eigenvalue weighted by Gasteiger charge is 2.09. The highest BCUT2D eigenvalue weighted by Crippen LogP contribution is 2.34. The molecule has 2 N–H and O–H groups in total. The maximum atomic E-state index is 8.86. The first kappa shape index (κ1) is 12.4. The molecule has 5 nitrogen and oxygen atoms in total. The van der Waals surface area contributed by atoms with Crippen LogP contribution in [0.1, 0.15) is 0 Å². The van der Waals surface area contributed by atoms with Gasteiger partial charge in [-0.3, -0.25) is 4.98 Å². The van der Waals surface area contributed by atoms with Gasteiger partial charge in [0.25, 0.3) is 0 Å². The first-order chi connectivity index (χ1) is 8.80. The molecule has 1 aromatic heterocycles. The van der Waals surface area contributed by atoms with Gasteiger partial charge in [-0.15, -0.1) is 0 Å². The Hall–Kier alpha value is -2.01. The number of hydrogen-bond acceptors (Lipinski definition) is 5. The second-order valence-electron chi connectivity index (χ2n) is 3.73. The Kier molecular flexibility index (Phi) is 3.84. The van der Waals surface area contributed by atoms with Crippen LogP contribution in [0.3, 0.4) is 0 Å². The predicted octanol–water partition coefficient (Wildman–Crippen LogP) is 1.66. The lowest BCUT2D eigenvalue weighted by Crippen LogP contribution is -2.06. The summed E-state index contributed by atoms with van der Waals surface area (Å²) in [6.07, 6.45) is 1.72. The van der Waals surface area contributed by atoms with Crippen molar-refractivity contribution in [2.24, 2.45) is 0 Å². The Morgan fingerprint density at radius 3 is 2.61 bits per heavy atom. The summed E-state index contributed by atoms with van der Waals surface area (Å²) in [4.78, 5) is 4.30. The van der Waals surface area contributed by atoms with E-state index in [1.54, 1.807) is 20.4 Å². The number of rotatable bonds is 5. The maximum absolute atomic E-state index is 8.86. The average molecular weight is 248 g/mol. The summed E-state index contributed by atoms with van der Waals surface area (Å²) in [7, 11) is 3.19. The molecule has 0 saturated heterocycles. The number of aromatic nitrogens is 1. The molecule has 0 fully saturated rings. The van der Waals surface area contributed by atoms with Crippen molar-refractivity contribution in [1.29, 1.82) is 0 Å². The van der Waals surface area contributed by atoms with Gasteiger partial charge in [-0.05, 0) is 12.1 Å². The van der Waals surface area contributed by atoms with Crippen LogP contribution < -0.4 is 14.8 Å². The van der Waals surface area contributed by atoms with E-state index >= 15 is 0 Å². The van der Waals surface area contributed by atoms with E-state index in [1.165, 1.54) is 0 Å². The molecule has 1 heterocycles. The molecule has 0 unspecified atom stereocenters. The Labute approximate surface area is 105 Å². The van der Waals surface area contributed by atoms with Gasteiger partial charge in [0.2, 0.25) is 0 Å². The summed E-state index contributed by atoms with van der Waals surface area (Å²) in [5, 5.41) is 12.9. The zero-order chi connectivity index (χ0) is 13.0. The van der Waals surface area contributed by atoms with Gasteiger partial charge in [-0.2, -0.15) is 0 Å². The number of methoxy groups -OCH3 is 2. The highest BCUT2D eigenvalue weighted by atomic mass is 16.5. The van der Waals surface area contributed by atoms with Crippen LogP contribution in [-0.2, 0) is 0 Å². The van der Waals surface area contributed by atoms with Crippen LogP contribution >= 0.6 is 0 Å². The minimum absolute atomic E-state index is 0.0805. The Morgan fingerprint density at radius 1 is 1.22 bits per heavy atom. The van der Waals surface area contributed by atoms with E-state index in [-0.39, 0.29) is 6.61 Å². The fraction of sp³-hybridized carbons (Fsp3) is 0.308. The number of aliphatic hydroxyl groups excluding tert-OH is 1. The number of hydrogen-bond donors (Lipinski definition) is 2. The second kappa shape index (κ2) is 5.55. The van der Waals surface area contributed by atoms with E-state index in [9.17, 15) is 0 Å². The molecule has 0 aliphatic heterocycles. The topological polar surface area (TPSA) is 63.6 Å². The Bertz CT molecular complexity index is 543. The summed E-state index contributed by atoms with van der Waals surface area (Å²) in [6, 6.07) is 5.57. The van der Waals surface area contributed by atoms with E-state index in [2.05, 4.69) is 10.3 Å². The van der Waals surface area contributed by atoms with Crippen molar-refractivity contribution in [2.75, 3.05) is 32.7 Å². The van der Waals surface area contributed by atoms with Crippen LogP contribution in [0.25, 0.3) is 10.9 Å². The lowest BCUT2D eigenvalue weighted by Gasteiger charge is -2.12. The molecule has 2 aromatic rings. The number of benzene rings is 1. The third kappa shape index (κ3) is 2.31. The molecule has 0 saturated carbocycles. The van der Waals surface area contributed by atoms with E-state index in [1.807, 2.05) is 18.2 Å². The smallest absolute Gasteiger partial charge is 0.162 e. The minimum Gasteiger partial charge on any atom is -0.493 e. The molecular weight excluding hydrogens is 232 g/mol. The van der Waals surface area contributed by atoms with Crippen LogP contribution in [0.15, 0.2) is 24.4 Å². The molecular formula is C13H16N2O3. The Morgan fingerprint density at radius 2 is 1.94 bits per heavy atom. The number of nitrogens with one attached hydrogen (secondary N) is 1. The van der Waals surface area contributed by atoms with E-state index in [0.29, 0.717) is 18.0 Å². The van der Waals surface area contributed by atoms with Crippen LogP contribution in [0, 0.1) is 0 Å². The number of anilines is 1. The van der Waals surface area contributed by atoms with Crippen molar-refractivity contribution in [3.05, 3.63) is 24.4 Å². The van der Waals surface area contributed by atoms with Gasteiger partial charge in [0.05, 0.1) is 26.3 Å². The summed E-state index contributed by atoms with van der Waals surface area (Å²) < 4.78 is 10.5. The van der Waals surface area contributed by atoms with Gasteiger partial charge in [0.15, 0.2) is 11.5 Å². The first-order valence-corrected chi connectivity index (χ1v) is 5.65. The van der Waals surface area contributed by atoms with Gasteiger partial charge >= 0.3 is 0 Å². The monoisotopic (exact) mass is 248 g/mol. The molecule has 2 rings (SSSR count). The molecule has 5 heteroatoms. The summed E-state index contributed by atoms with van der Waals surface area (Å²) >= 11 is 0. The number of ether oxygens (including phenoxy) is 2. The summed E-state index contributed by atoms with van der Waals surface area (Å²) in [5.74, 6) is 1.31. The number of nitrogens with zero attached hydrogens (tertiary/aromatic N) is 1. The highest BCUT2D eigenvalue weighted by molar-refractivity contribution is 5.93. The number of pyridine rings is 1. The lowest BCUT2D eigenvalue weighted by atomic mass is 10.1. The van der Waals surface area contributed by atoms with Crippen molar-refractivity contribution in [3.8, 4) is 11.5 Å². The molecule has 18 heavy (non-hydrogen) atoms. The lowest BCUT2D eigenvalue weighted by molar-refractivity contribution is 0.311. The normalized spacial score (nSPS) is 10.4. The predicted molar refractivity (Wildman–Crippen MR) is 70.4 cm³/mol. The number of aliphatic hydroxyl groups is 1. The van der Waals surface area contributed by atoms with Gasteiger partial charge < -0.3 is 19.9 Å². The minimum atomic E-state index is 0.0805. The third-order valence-electron chi connectivity index (χ3n) is 2.67. The van der Waals surface area contributed by atoms with Crippen molar-refractivity contribution >= 4 is 16.6 Å². The summed E-state index contributed by atoms with van der Waals surface area (Å²) in [6.45, 7) is 0.574. The van der Waals surface area contributed by atoms with E-state index in [4.69, 9.17) is 14.6 Å². The van der Waals surface area contributed by atoms with Gasteiger partial charge in [0.1, 0.15) is 0 Å². The molecule has 96 valence electrons. The maximum Gasteiger partial charge on any atom is 0.162 e. The SMILES string of the molecule is COc1cc2nccc(NCCO)c2cc1OC. The van der Waals surface area contributed by atoms with E-state index < -0.39 is 0 Å². The zero-order valence-corrected chi connectivity index (χ0v) is 10.4. The molecule has 0 radical (unpaired) electrons. The van der Waals surface area contributed by atoms with E-state index in [0.717, 1.165) is 16.6 Å². The molecule has 0 spiro atoms. The quantitative estimate of drug-likeness (QED) is 0.842. The van der Waals surface area contributed by atoms with Gasteiger partial charge in [0, 0.05) is 29.9 Å². The first-order valence-electron chi connectivity index (χ1n) is 5.65. The third-order valence-corrected chi connectivity index (χ3v) is 2.67. The Balaban J connectivity index is 2.54. The summed E-state index contributed by atoms with van der Waals surface area (Å²) in [5.41, 5.74) is 1.73. The van der Waals surface area contributed by atoms with Crippen molar-refractivity contribution in [1.82, 2.24) is 4.98 Å². The fourth-order valence-corrected chi connectivity index (χ4v) is 1.82. The largest absolute Gasteiger partial charge is 0.493 e. The molecule has 1 aromatic carbocycles. The van der Waals surface area contributed by atoms with Crippen molar-refractivity contribution in [2.45, 2.75) is 0 Å². The fourth-order valence-electron chi connectivity index (χ4n) is 1.82. The van der Waals surface area contributed by atoms with Crippen LogP contribution in [0.5, 0.6) is 11.5 Å². The molecule has 0 bridgehead atoms.